The van der Waals surface area contributed by atoms with E-state index < -0.39 is 0 Å². The predicted octanol–water partition coefficient (Wildman–Crippen LogP) is 2.36. The molecule has 0 bridgehead atoms. The van der Waals surface area contributed by atoms with E-state index in [2.05, 4.69) is 25.1 Å². The maximum Gasteiger partial charge on any atom is 0.0105 e. The topological polar surface area (TPSA) is 26.0 Å². The molecule has 2 rings (SSSR count). The van der Waals surface area contributed by atoms with Gasteiger partial charge in [-0.15, -0.1) is 11.8 Å². The number of aryl methyl sites for hydroxylation is 1. The predicted molar refractivity (Wildman–Crippen MR) is 58.2 cm³/mol. The molecule has 1 aliphatic heterocycles. The van der Waals surface area contributed by atoms with Gasteiger partial charge >= 0.3 is 0 Å². The van der Waals surface area contributed by atoms with Crippen LogP contribution in [0.5, 0.6) is 0 Å². The maximum absolute atomic E-state index is 5.99. The van der Waals surface area contributed by atoms with Crippen molar-refractivity contribution < 1.29 is 0 Å². The van der Waals surface area contributed by atoms with E-state index >= 15 is 0 Å². The highest BCUT2D eigenvalue weighted by molar-refractivity contribution is 7.99. The first-order chi connectivity index (χ1) is 6.25. The van der Waals surface area contributed by atoms with E-state index in [1.54, 1.807) is 0 Å². The van der Waals surface area contributed by atoms with Gasteiger partial charge in [-0.25, -0.2) is 0 Å². The van der Waals surface area contributed by atoms with Crippen LogP contribution in [0.1, 0.15) is 17.5 Å². The third-order valence-corrected chi connectivity index (χ3v) is 3.59. The van der Waals surface area contributed by atoms with Crippen LogP contribution >= 0.6 is 11.8 Å². The third kappa shape index (κ3) is 2.06. The van der Waals surface area contributed by atoms with E-state index in [0.717, 1.165) is 18.6 Å². The van der Waals surface area contributed by atoms with Crippen molar-refractivity contribution in [2.24, 2.45) is 5.73 Å². The Morgan fingerprint density at radius 3 is 3.15 bits per heavy atom. The average molecular weight is 193 g/mol. The van der Waals surface area contributed by atoms with Gasteiger partial charge in [-0.1, -0.05) is 17.7 Å². The minimum Gasteiger partial charge on any atom is -0.327 e. The summed E-state index contributed by atoms with van der Waals surface area (Å²) in [6.07, 6.45) is 2.18. The molecule has 2 N–H and O–H groups in total. The van der Waals surface area contributed by atoms with Crippen molar-refractivity contribution in [3.05, 3.63) is 29.3 Å². The van der Waals surface area contributed by atoms with Crippen LogP contribution in [0, 0.1) is 6.92 Å². The fourth-order valence-corrected chi connectivity index (χ4v) is 2.85. The first kappa shape index (κ1) is 9.10. The Balaban J connectivity index is 2.35. The fraction of sp³-hybridized carbons (Fsp3) is 0.455. The summed E-state index contributed by atoms with van der Waals surface area (Å²) in [6, 6.07) is 7.04. The largest absolute Gasteiger partial charge is 0.327 e. The summed E-state index contributed by atoms with van der Waals surface area (Å²) in [4.78, 5) is 1.43. The van der Waals surface area contributed by atoms with Crippen LogP contribution in [-0.2, 0) is 6.42 Å². The SMILES string of the molecule is Cc1ccc2c(c1)CC(N)CCS2. The lowest BCUT2D eigenvalue weighted by atomic mass is 10.0. The minimum absolute atomic E-state index is 0.357. The zero-order chi connectivity index (χ0) is 9.26. The highest BCUT2D eigenvalue weighted by atomic mass is 32.2. The minimum atomic E-state index is 0.357. The molecule has 1 aromatic rings. The number of rotatable bonds is 0. The van der Waals surface area contributed by atoms with Crippen molar-refractivity contribution in [3.63, 3.8) is 0 Å². The molecule has 1 atom stereocenters. The van der Waals surface area contributed by atoms with Gasteiger partial charge in [0.25, 0.3) is 0 Å². The van der Waals surface area contributed by atoms with Gasteiger partial charge in [-0.05, 0) is 37.1 Å². The van der Waals surface area contributed by atoms with E-state index in [1.807, 2.05) is 11.8 Å². The molecule has 0 aromatic heterocycles. The molecule has 1 aliphatic rings. The van der Waals surface area contributed by atoms with Gasteiger partial charge in [0.15, 0.2) is 0 Å². The third-order valence-electron chi connectivity index (χ3n) is 2.44. The normalized spacial score (nSPS) is 22.2. The molecule has 0 aliphatic carbocycles. The smallest absolute Gasteiger partial charge is 0.0105 e. The zero-order valence-corrected chi connectivity index (χ0v) is 8.73. The number of hydrogen-bond acceptors (Lipinski definition) is 2. The van der Waals surface area contributed by atoms with Gasteiger partial charge in [-0.3, -0.25) is 0 Å². The van der Waals surface area contributed by atoms with E-state index in [-0.39, 0.29) is 0 Å². The number of hydrogen-bond donors (Lipinski definition) is 1. The van der Waals surface area contributed by atoms with Crippen LogP contribution in [-0.4, -0.2) is 11.8 Å². The van der Waals surface area contributed by atoms with E-state index in [1.165, 1.54) is 16.0 Å². The quantitative estimate of drug-likeness (QED) is 0.684. The van der Waals surface area contributed by atoms with Gasteiger partial charge in [0.1, 0.15) is 0 Å². The van der Waals surface area contributed by atoms with E-state index in [0.29, 0.717) is 6.04 Å². The van der Waals surface area contributed by atoms with Crippen LogP contribution < -0.4 is 5.73 Å². The fourth-order valence-electron chi connectivity index (χ4n) is 1.71. The van der Waals surface area contributed by atoms with E-state index in [9.17, 15) is 0 Å². The number of nitrogens with two attached hydrogens (primary N) is 1. The summed E-state index contributed by atoms with van der Waals surface area (Å²) in [6.45, 7) is 2.14. The Morgan fingerprint density at radius 1 is 1.46 bits per heavy atom. The lowest BCUT2D eigenvalue weighted by Crippen LogP contribution is -2.22. The van der Waals surface area contributed by atoms with Crippen molar-refractivity contribution in [2.45, 2.75) is 30.7 Å². The van der Waals surface area contributed by atoms with E-state index in [4.69, 9.17) is 5.73 Å². The lowest BCUT2D eigenvalue weighted by molar-refractivity contribution is 0.653. The van der Waals surface area contributed by atoms with Crippen LogP contribution in [0.15, 0.2) is 23.1 Å². The molecule has 0 saturated heterocycles. The van der Waals surface area contributed by atoms with Crippen molar-refractivity contribution in [1.29, 1.82) is 0 Å². The van der Waals surface area contributed by atoms with Crippen molar-refractivity contribution >= 4 is 11.8 Å². The van der Waals surface area contributed by atoms with Gasteiger partial charge in [0.2, 0.25) is 0 Å². The molecule has 0 saturated carbocycles. The second-order valence-electron chi connectivity index (χ2n) is 3.71. The summed E-state index contributed by atoms with van der Waals surface area (Å²) < 4.78 is 0. The van der Waals surface area contributed by atoms with Crippen molar-refractivity contribution in [3.8, 4) is 0 Å². The number of fused-ring (bicyclic) bond motifs is 1. The summed E-state index contributed by atoms with van der Waals surface area (Å²) in [5.41, 5.74) is 8.77. The molecule has 0 amide bonds. The molecule has 0 radical (unpaired) electrons. The molecule has 1 nitrogen and oxygen atoms in total. The van der Waals surface area contributed by atoms with Gasteiger partial charge in [0.05, 0.1) is 0 Å². The highest BCUT2D eigenvalue weighted by Crippen LogP contribution is 2.29. The Bertz CT molecular complexity index is 309. The molecule has 1 aromatic carbocycles. The molecule has 13 heavy (non-hydrogen) atoms. The Morgan fingerprint density at radius 2 is 2.31 bits per heavy atom. The maximum atomic E-state index is 5.99. The monoisotopic (exact) mass is 193 g/mol. The molecular formula is C11H15NS. The Hall–Kier alpha value is -0.470. The first-order valence-corrected chi connectivity index (χ1v) is 5.72. The summed E-state index contributed by atoms with van der Waals surface area (Å²) in [5.74, 6) is 1.16. The van der Waals surface area contributed by atoms with Crippen LogP contribution in [0.2, 0.25) is 0 Å². The number of thioether (sulfide) groups is 1. The first-order valence-electron chi connectivity index (χ1n) is 4.73. The van der Waals surface area contributed by atoms with Crippen molar-refractivity contribution in [2.75, 3.05) is 5.75 Å². The highest BCUT2D eigenvalue weighted by Gasteiger charge is 2.13. The van der Waals surface area contributed by atoms with Gasteiger partial charge in [0, 0.05) is 10.9 Å². The van der Waals surface area contributed by atoms with Crippen LogP contribution in [0.25, 0.3) is 0 Å². The molecule has 0 fully saturated rings. The van der Waals surface area contributed by atoms with Gasteiger partial charge in [-0.2, -0.15) is 0 Å². The second-order valence-corrected chi connectivity index (χ2v) is 4.85. The van der Waals surface area contributed by atoms with Crippen LogP contribution in [0.4, 0.5) is 0 Å². The summed E-state index contributed by atoms with van der Waals surface area (Å²) in [7, 11) is 0. The van der Waals surface area contributed by atoms with Crippen molar-refractivity contribution in [1.82, 2.24) is 0 Å². The average Bonchev–Trinajstić information content (AvgIpc) is 2.25. The van der Waals surface area contributed by atoms with Crippen LogP contribution in [0.3, 0.4) is 0 Å². The lowest BCUT2D eigenvalue weighted by Gasteiger charge is -2.08. The molecule has 1 unspecified atom stereocenters. The second kappa shape index (κ2) is 3.72. The molecular weight excluding hydrogens is 178 g/mol. The Kier molecular flexibility index (Phi) is 2.61. The molecule has 1 heterocycles. The zero-order valence-electron chi connectivity index (χ0n) is 7.92. The molecule has 70 valence electrons. The number of benzene rings is 1. The summed E-state index contributed by atoms with van der Waals surface area (Å²) >= 11 is 1.94. The molecule has 0 spiro atoms. The summed E-state index contributed by atoms with van der Waals surface area (Å²) in [5, 5.41) is 0. The Labute approximate surface area is 83.7 Å². The standard InChI is InChI=1S/C11H15NS/c1-8-2-3-11-9(6-8)7-10(12)4-5-13-11/h2-3,6,10H,4-5,7,12H2,1H3. The molecule has 2 heteroatoms. The van der Waals surface area contributed by atoms with Gasteiger partial charge < -0.3 is 5.73 Å².